The lowest BCUT2D eigenvalue weighted by Gasteiger charge is -2.14. The van der Waals surface area contributed by atoms with Crippen molar-refractivity contribution in [3.05, 3.63) is 85.9 Å². The first-order chi connectivity index (χ1) is 13.4. The fraction of sp³-hybridized carbons (Fsp3) is 0.105. The number of benzene rings is 2. The molecule has 0 unspecified atom stereocenters. The molecular formula is C19H17Cl2N5O2. The van der Waals surface area contributed by atoms with E-state index in [-0.39, 0.29) is 11.4 Å². The Hall–Kier alpha value is -2.87. The average Bonchev–Trinajstić information content (AvgIpc) is 2.64. The van der Waals surface area contributed by atoms with E-state index in [1.165, 1.54) is 0 Å². The van der Waals surface area contributed by atoms with Crippen molar-refractivity contribution in [2.75, 3.05) is 10.7 Å². The first kappa shape index (κ1) is 19.9. The number of amides is 1. The number of nitrogens with one attached hydrogen (secondary N) is 4. The van der Waals surface area contributed by atoms with E-state index in [0.717, 1.165) is 5.56 Å². The van der Waals surface area contributed by atoms with Crippen LogP contribution in [0.25, 0.3) is 0 Å². The molecule has 2 aromatic carbocycles. The molecule has 0 aliphatic carbocycles. The lowest BCUT2D eigenvalue weighted by Crippen LogP contribution is -2.29. The third-order valence-electron chi connectivity index (χ3n) is 3.86. The van der Waals surface area contributed by atoms with Gasteiger partial charge in [-0.2, -0.15) is 4.98 Å². The first-order valence-electron chi connectivity index (χ1n) is 8.33. The molecule has 9 heteroatoms. The van der Waals surface area contributed by atoms with Crippen molar-refractivity contribution in [3.63, 3.8) is 0 Å². The minimum atomic E-state index is -0.559. The van der Waals surface area contributed by atoms with Crippen molar-refractivity contribution in [2.45, 2.75) is 13.5 Å². The molecule has 28 heavy (non-hydrogen) atoms. The van der Waals surface area contributed by atoms with Gasteiger partial charge in [0.15, 0.2) is 5.82 Å². The first-order valence-corrected chi connectivity index (χ1v) is 9.09. The lowest BCUT2D eigenvalue weighted by atomic mass is 10.2. The molecule has 0 saturated heterocycles. The van der Waals surface area contributed by atoms with E-state index in [1.54, 1.807) is 43.3 Å². The number of anilines is 2. The molecule has 0 spiro atoms. The van der Waals surface area contributed by atoms with E-state index < -0.39 is 11.6 Å². The van der Waals surface area contributed by atoms with Crippen LogP contribution in [-0.2, 0) is 6.54 Å². The van der Waals surface area contributed by atoms with E-state index >= 15 is 0 Å². The highest BCUT2D eigenvalue weighted by Gasteiger charge is 2.18. The molecule has 0 atom stereocenters. The number of hydrogen-bond donors (Lipinski definition) is 4. The van der Waals surface area contributed by atoms with Crippen LogP contribution in [0, 0.1) is 6.92 Å². The molecule has 1 amide bonds. The molecule has 0 aliphatic heterocycles. The van der Waals surface area contributed by atoms with E-state index in [4.69, 9.17) is 23.2 Å². The zero-order valence-corrected chi connectivity index (χ0v) is 16.4. The van der Waals surface area contributed by atoms with Crippen LogP contribution in [0.4, 0.5) is 11.5 Å². The SMILES string of the molecule is Cc1[nH]c(=O)nc(NNCc2ccc(Cl)cc2)c1C(=O)Nc1ccc(Cl)cc1. The predicted molar refractivity (Wildman–Crippen MR) is 111 cm³/mol. The van der Waals surface area contributed by atoms with E-state index in [1.807, 2.05) is 12.1 Å². The molecule has 1 aromatic heterocycles. The molecule has 0 radical (unpaired) electrons. The zero-order valence-electron chi connectivity index (χ0n) is 14.8. The quantitative estimate of drug-likeness (QED) is 0.457. The number of hydrazine groups is 1. The Morgan fingerprint density at radius 2 is 1.64 bits per heavy atom. The van der Waals surface area contributed by atoms with Crippen LogP contribution in [-0.4, -0.2) is 15.9 Å². The Balaban J connectivity index is 1.76. The smallest absolute Gasteiger partial charge is 0.322 e. The maximum Gasteiger partial charge on any atom is 0.347 e. The number of aryl methyl sites for hydroxylation is 1. The monoisotopic (exact) mass is 417 g/mol. The summed E-state index contributed by atoms with van der Waals surface area (Å²) in [5, 5.41) is 3.97. The topological polar surface area (TPSA) is 98.9 Å². The fourth-order valence-corrected chi connectivity index (χ4v) is 2.77. The van der Waals surface area contributed by atoms with Crippen molar-refractivity contribution in [1.82, 2.24) is 15.4 Å². The highest BCUT2D eigenvalue weighted by molar-refractivity contribution is 6.30. The highest BCUT2D eigenvalue weighted by Crippen LogP contribution is 2.18. The molecule has 3 rings (SSSR count). The molecular weight excluding hydrogens is 401 g/mol. The molecule has 4 N–H and O–H groups in total. The van der Waals surface area contributed by atoms with Gasteiger partial charge in [-0.25, -0.2) is 10.2 Å². The molecule has 7 nitrogen and oxygen atoms in total. The van der Waals surface area contributed by atoms with Crippen molar-refractivity contribution in [1.29, 1.82) is 0 Å². The third kappa shape index (κ3) is 5.10. The van der Waals surface area contributed by atoms with Gasteiger partial charge < -0.3 is 15.7 Å². The van der Waals surface area contributed by atoms with Gasteiger partial charge in [-0.05, 0) is 48.9 Å². The second-order valence-electron chi connectivity index (χ2n) is 5.96. The largest absolute Gasteiger partial charge is 0.347 e. The van der Waals surface area contributed by atoms with Gasteiger partial charge in [0.1, 0.15) is 5.56 Å². The van der Waals surface area contributed by atoms with Crippen LogP contribution in [0.5, 0.6) is 0 Å². The van der Waals surface area contributed by atoms with Crippen molar-refractivity contribution in [2.24, 2.45) is 0 Å². The van der Waals surface area contributed by atoms with Gasteiger partial charge in [0.25, 0.3) is 5.91 Å². The molecule has 1 heterocycles. The number of carbonyl (C=O) groups excluding carboxylic acids is 1. The fourth-order valence-electron chi connectivity index (χ4n) is 2.51. The summed E-state index contributed by atoms with van der Waals surface area (Å²) in [5.41, 5.74) is 7.38. The molecule has 0 saturated carbocycles. The summed E-state index contributed by atoms with van der Waals surface area (Å²) in [7, 11) is 0. The van der Waals surface area contributed by atoms with Gasteiger partial charge in [-0.3, -0.25) is 4.79 Å². The van der Waals surface area contributed by atoms with Crippen LogP contribution in [0.2, 0.25) is 10.0 Å². The number of nitrogens with zero attached hydrogens (tertiary/aromatic N) is 1. The number of aromatic nitrogens is 2. The average molecular weight is 418 g/mol. The number of carbonyl (C=O) groups is 1. The summed E-state index contributed by atoms with van der Waals surface area (Å²) in [6, 6.07) is 14.0. The summed E-state index contributed by atoms with van der Waals surface area (Å²) in [6.45, 7) is 2.06. The van der Waals surface area contributed by atoms with Gasteiger partial charge in [0.2, 0.25) is 0 Å². The summed E-state index contributed by atoms with van der Waals surface area (Å²) >= 11 is 11.7. The van der Waals surface area contributed by atoms with Crippen molar-refractivity contribution < 1.29 is 4.79 Å². The van der Waals surface area contributed by atoms with Crippen LogP contribution in [0.3, 0.4) is 0 Å². The van der Waals surface area contributed by atoms with Gasteiger partial charge in [0.05, 0.1) is 0 Å². The molecule has 0 fully saturated rings. The second-order valence-corrected chi connectivity index (χ2v) is 6.83. The van der Waals surface area contributed by atoms with Gasteiger partial charge in [-0.1, -0.05) is 35.3 Å². The maximum absolute atomic E-state index is 12.7. The number of halogens is 2. The maximum atomic E-state index is 12.7. The molecule has 0 bridgehead atoms. The summed E-state index contributed by atoms with van der Waals surface area (Å²) in [4.78, 5) is 30.9. The lowest BCUT2D eigenvalue weighted by molar-refractivity contribution is 0.102. The Bertz CT molecular complexity index is 1030. The second kappa shape index (κ2) is 8.88. The Morgan fingerprint density at radius 3 is 2.29 bits per heavy atom. The van der Waals surface area contributed by atoms with Crippen LogP contribution >= 0.6 is 23.2 Å². The van der Waals surface area contributed by atoms with Crippen LogP contribution < -0.4 is 21.9 Å². The summed E-state index contributed by atoms with van der Waals surface area (Å²) in [5.74, 6) is -0.291. The molecule has 0 aliphatic rings. The Morgan fingerprint density at radius 1 is 1.04 bits per heavy atom. The van der Waals surface area contributed by atoms with Gasteiger partial charge in [0, 0.05) is 28.0 Å². The van der Waals surface area contributed by atoms with E-state index in [2.05, 4.69) is 26.1 Å². The Kier molecular flexibility index (Phi) is 6.30. The van der Waals surface area contributed by atoms with Crippen LogP contribution in [0.1, 0.15) is 21.6 Å². The highest BCUT2D eigenvalue weighted by atomic mass is 35.5. The standard InChI is InChI=1S/C19H17Cl2N5O2/c1-11-16(18(27)24-15-8-6-14(21)7-9-15)17(25-19(28)23-11)26-22-10-12-2-4-13(20)5-3-12/h2-9,22H,10H2,1H3,(H,24,27)(H2,23,25,26,28). The van der Waals surface area contributed by atoms with E-state index in [9.17, 15) is 9.59 Å². The normalized spacial score (nSPS) is 10.5. The van der Waals surface area contributed by atoms with Gasteiger partial charge in [-0.15, -0.1) is 0 Å². The van der Waals surface area contributed by atoms with Crippen molar-refractivity contribution in [3.8, 4) is 0 Å². The summed E-state index contributed by atoms with van der Waals surface area (Å²) in [6.07, 6.45) is 0. The van der Waals surface area contributed by atoms with Gasteiger partial charge >= 0.3 is 5.69 Å². The minimum Gasteiger partial charge on any atom is -0.322 e. The van der Waals surface area contributed by atoms with Crippen molar-refractivity contribution >= 4 is 40.6 Å². The summed E-state index contributed by atoms with van der Waals surface area (Å²) < 4.78 is 0. The molecule has 144 valence electrons. The van der Waals surface area contributed by atoms with E-state index in [0.29, 0.717) is 28.0 Å². The number of rotatable bonds is 6. The predicted octanol–water partition coefficient (Wildman–Crippen LogP) is 3.75. The number of aromatic amines is 1. The Labute approximate surface area is 171 Å². The third-order valence-corrected chi connectivity index (χ3v) is 4.37. The number of hydrogen-bond acceptors (Lipinski definition) is 5. The molecule has 3 aromatic rings. The zero-order chi connectivity index (χ0) is 20.1. The van der Waals surface area contributed by atoms with Crippen LogP contribution in [0.15, 0.2) is 53.3 Å². The number of H-pyrrole nitrogens is 1. The minimum absolute atomic E-state index is 0.127.